The van der Waals surface area contributed by atoms with Crippen LogP contribution < -0.4 is 5.32 Å². The Kier molecular flexibility index (Phi) is 3.98. The van der Waals surface area contributed by atoms with Crippen molar-refractivity contribution in [3.63, 3.8) is 0 Å². The summed E-state index contributed by atoms with van der Waals surface area (Å²) < 4.78 is 13.0. The number of carbonyl (C=O) groups is 1. The van der Waals surface area contributed by atoms with Crippen LogP contribution in [0, 0.1) is 5.82 Å². The first-order valence-electron chi connectivity index (χ1n) is 8.16. The predicted molar refractivity (Wildman–Crippen MR) is 93.5 cm³/mol. The second-order valence-corrected chi connectivity index (χ2v) is 6.12. The number of ketones is 1. The van der Waals surface area contributed by atoms with Gasteiger partial charge in [-0.05, 0) is 42.2 Å². The third-order valence-electron chi connectivity index (χ3n) is 4.41. The molecule has 2 aromatic carbocycles. The van der Waals surface area contributed by atoms with Crippen molar-refractivity contribution in [1.82, 2.24) is 9.97 Å². The number of hydrogen-bond donors (Lipinski definition) is 1. The highest BCUT2D eigenvalue weighted by Crippen LogP contribution is 2.32. The monoisotopic (exact) mass is 333 g/mol. The molecule has 0 spiro atoms. The number of rotatable bonds is 3. The van der Waals surface area contributed by atoms with Crippen LogP contribution in [0.1, 0.15) is 34.0 Å². The van der Waals surface area contributed by atoms with Gasteiger partial charge in [-0.2, -0.15) is 0 Å². The number of benzene rings is 2. The molecule has 1 aliphatic carbocycles. The average molecular weight is 333 g/mol. The minimum absolute atomic E-state index is 0.0726. The summed E-state index contributed by atoms with van der Waals surface area (Å²) in [5.41, 5.74) is 3.19. The number of Topliss-reactive ketones (excluding diaryl/α,β-unsaturated/α-hetero) is 1. The fourth-order valence-electron chi connectivity index (χ4n) is 3.13. The molecule has 0 radical (unpaired) electrons. The maximum absolute atomic E-state index is 13.0. The molecule has 1 heterocycles. The Bertz CT molecular complexity index is 910. The second kappa shape index (κ2) is 6.43. The molecule has 1 N–H and O–H groups in total. The highest BCUT2D eigenvalue weighted by atomic mass is 19.1. The molecule has 1 aliphatic rings. The van der Waals surface area contributed by atoms with Gasteiger partial charge in [-0.3, -0.25) is 4.79 Å². The summed E-state index contributed by atoms with van der Waals surface area (Å²) in [6.45, 7) is 0. The number of anilines is 2. The van der Waals surface area contributed by atoms with E-state index in [1.54, 1.807) is 18.3 Å². The normalized spacial score (nSPS) is 16.4. The van der Waals surface area contributed by atoms with Crippen LogP contribution in [0.25, 0.3) is 0 Å². The van der Waals surface area contributed by atoms with E-state index >= 15 is 0 Å². The third-order valence-corrected chi connectivity index (χ3v) is 4.41. The number of halogens is 1. The number of nitrogens with zero attached hydrogens (tertiary/aromatic N) is 2. The topological polar surface area (TPSA) is 54.9 Å². The standard InChI is InChI=1S/C20H16FN3O/c21-15-6-8-16(9-7-15)23-20-22-12-17-18(24-20)10-14(11-19(17)25)13-4-2-1-3-5-13/h1-9,12,14H,10-11H2,(H,22,23,24)/t14-/m1/s1. The van der Waals surface area contributed by atoms with Crippen LogP contribution in [-0.4, -0.2) is 15.8 Å². The maximum atomic E-state index is 13.0. The lowest BCUT2D eigenvalue weighted by Crippen LogP contribution is -2.21. The number of carbonyl (C=O) groups excluding carboxylic acids is 1. The molecule has 0 saturated carbocycles. The summed E-state index contributed by atoms with van der Waals surface area (Å²) >= 11 is 0. The van der Waals surface area contributed by atoms with Gasteiger partial charge in [-0.15, -0.1) is 0 Å². The highest BCUT2D eigenvalue weighted by molar-refractivity contribution is 5.98. The van der Waals surface area contributed by atoms with Gasteiger partial charge in [-0.25, -0.2) is 14.4 Å². The Hall–Kier alpha value is -3.08. The van der Waals surface area contributed by atoms with E-state index in [1.807, 2.05) is 30.3 Å². The highest BCUT2D eigenvalue weighted by Gasteiger charge is 2.27. The first kappa shape index (κ1) is 15.4. The van der Waals surface area contributed by atoms with Gasteiger partial charge in [-0.1, -0.05) is 30.3 Å². The molecular formula is C20H16FN3O. The molecule has 0 saturated heterocycles. The van der Waals surface area contributed by atoms with Gasteiger partial charge < -0.3 is 5.32 Å². The Labute approximate surface area is 144 Å². The molecule has 1 aromatic heterocycles. The summed E-state index contributed by atoms with van der Waals surface area (Å²) in [7, 11) is 0. The van der Waals surface area contributed by atoms with Gasteiger partial charge in [0.25, 0.3) is 0 Å². The zero-order valence-electron chi connectivity index (χ0n) is 13.4. The Morgan fingerprint density at radius 1 is 1.00 bits per heavy atom. The van der Waals surface area contributed by atoms with E-state index in [9.17, 15) is 9.18 Å². The van der Waals surface area contributed by atoms with E-state index in [2.05, 4.69) is 15.3 Å². The Balaban J connectivity index is 1.61. The van der Waals surface area contributed by atoms with E-state index in [0.29, 0.717) is 30.0 Å². The number of nitrogens with one attached hydrogen (secondary N) is 1. The minimum Gasteiger partial charge on any atom is -0.324 e. The van der Waals surface area contributed by atoms with Crippen LogP contribution in [0.4, 0.5) is 16.0 Å². The third kappa shape index (κ3) is 3.26. The van der Waals surface area contributed by atoms with Crippen LogP contribution in [0.5, 0.6) is 0 Å². The first-order valence-corrected chi connectivity index (χ1v) is 8.16. The lowest BCUT2D eigenvalue weighted by Gasteiger charge is -2.23. The number of fused-ring (bicyclic) bond motifs is 1. The molecule has 0 unspecified atom stereocenters. The van der Waals surface area contributed by atoms with E-state index in [4.69, 9.17) is 0 Å². The summed E-state index contributed by atoms with van der Waals surface area (Å²) in [6.07, 6.45) is 2.76. The molecule has 0 aliphatic heterocycles. The van der Waals surface area contributed by atoms with Gasteiger partial charge in [0.05, 0.1) is 11.3 Å². The molecule has 0 amide bonds. The van der Waals surface area contributed by atoms with Crippen LogP contribution >= 0.6 is 0 Å². The van der Waals surface area contributed by atoms with Gasteiger partial charge in [0.1, 0.15) is 5.82 Å². The van der Waals surface area contributed by atoms with Crippen molar-refractivity contribution < 1.29 is 9.18 Å². The second-order valence-electron chi connectivity index (χ2n) is 6.12. The predicted octanol–water partition coefficient (Wildman–Crippen LogP) is 4.27. The largest absolute Gasteiger partial charge is 0.324 e. The summed E-state index contributed by atoms with van der Waals surface area (Å²) in [6, 6.07) is 16.0. The van der Waals surface area contributed by atoms with Crippen molar-refractivity contribution in [2.24, 2.45) is 0 Å². The molecule has 4 rings (SSSR count). The molecule has 5 heteroatoms. The molecule has 25 heavy (non-hydrogen) atoms. The summed E-state index contributed by atoms with van der Waals surface area (Å²) in [5.74, 6) is 0.318. The van der Waals surface area contributed by atoms with Crippen molar-refractivity contribution in [2.75, 3.05) is 5.32 Å². The van der Waals surface area contributed by atoms with Crippen LogP contribution in [-0.2, 0) is 6.42 Å². The lowest BCUT2D eigenvalue weighted by molar-refractivity contribution is 0.0962. The fraction of sp³-hybridized carbons (Fsp3) is 0.150. The van der Waals surface area contributed by atoms with E-state index in [-0.39, 0.29) is 17.5 Å². The summed E-state index contributed by atoms with van der Waals surface area (Å²) in [5, 5.41) is 3.05. The minimum atomic E-state index is -0.298. The summed E-state index contributed by atoms with van der Waals surface area (Å²) in [4.78, 5) is 21.2. The van der Waals surface area contributed by atoms with Crippen LogP contribution in [0.2, 0.25) is 0 Å². The maximum Gasteiger partial charge on any atom is 0.227 e. The van der Waals surface area contributed by atoms with Crippen LogP contribution in [0.3, 0.4) is 0 Å². The molecule has 124 valence electrons. The van der Waals surface area contributed by atoms with Crippen molar-refractivity contribution in [3.8, 4) is 0 Å². The molecule has 4 nitrogen and oxygen atoms in total. The van der Waals surface area contributed by atoms with Crippen molar-refractivity contribution in [1.29, 1.82) is 0 Å². The van der Waals surface area contributed by atoms with Crippen LogP contribution in [0.15, 0.2) is 60.8 Å². The van der Waals surface area contributed by atoms with E-state index < -0.39 is 0 Å². The molecule has 1 atom stereocenters. The van der Waals surface area contributed by atoms with E-state index in [1.165, 1.54) is 12.1 Å². The molecule has 3 aromatic rings. The van der Waals surface area contributed by atoms with Crippen molar-refractivity contribution >= 4 is 17.4 Å². The van der Waals surface area contributed by atoms with Gasteiger partial charge >= 0.3 is 0 Å². The zero-order valence-corrected chi connectivity index (χ0v) is 13.4. The first-order chi connectivity index (χ1) is 12.2. The fourth-order valence-corrected chi connectivity index (χ4v) is 3.13. The van der Waals surface area contributed by atoms with Gasteiger partial charge in [0.2, 0.25) is 5.95 Å². The quantitative estimate of drug-likeness (QED) is 0.777. The van der Waals surface area contributed by atoms with Crippen molar-refractivity contribution in [3.05, 3.63) is 83.4 Å². The van der Waals surface area contributed by atoms with Gasteiger partial charge in [0.15, 0.2) is 5.78 Å². The van der Waals surface area contributed by atoms with Crippen molar-refractivity contribution in [2.45, 2.75) is 18.8 Å². The number of hydrogen-bond acceptors (Lipinski definition) is 4. The lowest BCUT2D eigenvalue weighted by atomic mass is 9.82. The Morgan fingerprint density at radius 2 is 1.76 bits per heavy atom. The zero-order chi connectivity index (χ0) is 17.2. The average Bonchev–Trinajstić information content (AvgIpc) is 2.64. The number of aromatic nitrogens is 2. The van der Waals surface area contributed by atoms with Gasteiger partial charge in [0, 0.05) is 18.3 Å². The molecule has 0 bridgehead atoms. The molecular weight excluding hydrogens is 317 g/mol. The van der Waals surface area contributed by atoms with E-state index in [0.717, 1.165) is 11.3 Å². The molecule has 0 fully saturated rings. The SMILES string of the molecule is O=C1C[C@H](c2ccccc2)Cc2nc(Nc3ccc(F)cc3)ncc21. The smallest absolute Gasteiger partial charge is 0.227 e. The Morgan fingerprint density at radius 3 is 2.52 bits per heavy atom.